The highest BCUT2D eigenvalue weighted by Crippen LogP contribution is 2.13. The number of hydrogen-bond acceptors (Lipinski definition) is 3. The highest BCUT2D eigenvalue weighted by molar-refractivity contribution is 5.80. The van der Waals surface area contributed by atoms with E-state index in [0.717, 1.165) is 51.1 Å². The number of aliphatic imine (C=N–C) groups is 1. The molecule has 0 radical (unpaired) electrons. The summed E-state index contributed by atoms with van der Waals surface area (Å²) in [5, 5.41) is 3.60. The van der Waals surface area contributed by atoms with Gasteiger partial charge in [0, 0.05) is 52.9 Å². The topological polar surface area (TPSA) is 34.1 Å². The van der Waals surface area contributed by atoms with Crippen LogP contribution in [0.1, 0.15) is 12.0 Å². The summed E-state index contributed by atoms with van der Waals surface area (Å²) in [6.07, 6.45) is 5.78. The van der Waals surface area contributed by atoms with E-state index in [-0.39, 0.29) is 0 Å². The van der Waals surface area contributed by atoms with Crippen LogP contribution in [-0.4, -0.2) is 87.1 Å². The first kappa shape index (κ1) is 18.9. The van der Waals surface area contributed by atoms with E-state index < -0.39 is 0 Å². The van der Waals surface area contributed by atoms with Gasteiger partial charge in [-0.3, -0.25) is 9.89 Å². The lowest BCUT2D eigenvalue weighted by Gasteiger charge is -2.36. The number of hydrogen-bond donors (Lipinski definition) is 1. The molecule has 2 aliphatic rings. The molecular weight excluding hydrogens is 322 g/mol. The molecule has 1 N–H and O–H groups in total. The molecule has 2 heterocycles. The van der Waals surface area contributed by atoms with Gasteiger partial charge in [0.25, 0.3) is 0 Å². The molecule has 1 atom stereocenters. The first-order chi connectivity index (χ1) is 12.7. The Bertz CT molecular complexity index is 590. The molecule has 2 saturated heterocycles. The van der Waals surface area contributed by atoms with Gasteiger partial charge in [0.05, 0.1) is 0 Å². The Morgan fingerprint density at radius 3 is 2.58 bits per heavy atom. The summed E-state index contributed by atoms with van der Waals surface area (Å²) in [5.74, 6) is 1.82. The minimum atomic E-state index is 0.751. The van der Waals surface area contributed by atoms with Crippen LogP contribution in [0.25, 0.3) is 6.08 Å². The van der Waals surface area contributed by atoms with Gasteiger partial charge in [-0.2, -0.15) is 0 Å². The van der Waals surface area contributed by atoms with E-state index in [4.69, 9.17) is 0 Å². The second-order valence-electron chi connectivity index (χ2n) is 7.45. The van der Waals surface area contributed by atoms with Crippen LogP contribution in [0.5, 0.6) is 0 Å². The van der Waals surface area contributed by atoms with E-state index in [2.05, 4.69) is 74.5 Å². The van der Waals surface area contributed by atoms with Crippen LogP contribution in [0.2, 0.25) is 0 Å². The Labute approximate surface area is 158 Å². The van der Waals surface area contributed by atoms with Gasteiger partial charge >= 0.3 is 0 Å². The Morgan fingerprint density at radius 2 is 1.92 bits per heavy atom. The van der Waals surface area contributed by atoms with Crippen LogP contribution < -0.4 is 5.32 Å². The lowest BCUT2D eigenvalue weighted by molar-refractivity contribution is 0.194. The first-order valence-corrected chi connectivity index (χ1v) is 9.82. The number of nitrogens with one attached hydrogen (secondary N) is 1. The Hall–Kier alpha value is -1.85. The molecule has 0 aromatic heterocycles. The Kier molecular flexibility index (Phi) is 7.09. The van der Waals surface area contributed by atoms with E-state index in [0.29, 0.717) is 0 Å². The van der Waals surface area contributed by atoms with Crippen LogP contribution in [0.3, 0.4) is 0 Å². The lowest BCUT2D eigenvalue weighted by Crippen LogP contribution is -2.53. The third kappa shape index (κ3) is 5.58. The van der Waals surface area contributed by atoms with Gasteiger partial charge in [-0.25, -0.2) is 0 Å². The molecule has 5 nitrogen and oxygen atoms in total. The van der Waals surface area contributed by atoms with Gasteiger partial charge in [-0.15, -0.1) is 0 Å². The zero-order chi connectivity index (χ0) is 18.2. The predicted molar refractivity (Wildman–Crippen MR) is 110 cm³/mol. The molecule has 0 saturated carbocycles. The van der Waals surface area contributed by atoms with Crippen LogP contribution >= 0.6 is 0 Å². The van der Waals surface area contributed by atoms with E-state index in [1.807, 2.05) is 7.05 Å². The van der Waals surface area contributed by atoms with Crippen molar-refractivity contribution < 1.29 is 0 Å². The monoisotopic (exact) mass is 355 g/mol. The number of rotatable bonds is 5. The zero-order valence-corrected chi connectivity index (χ0v) is 16.3. The first-order valence-electron chi connectivity index (χ1n) is 9.82. The zero-order valence-electron chi connectivity index (χ0n) is 16.3. The summed E-state index contributed by atoms with van der Waals surface area (Å²) in [7, 11) is 4.11. The molecule has 5 heteroatoms. The molecule has 2 aliphatic heterocycles. The molecule has 3 rings (SSSR count). The third-order valence-corrected chi connectivity index (χ3v) is 5.39. The molecular formula is C21H33N5. The van der Waals surface area contributed by atoms with Gasteiger partial charge in [0.1, 0.15) is 0 Å². The van der Waals surface area contributed by atoms with Gasteiger partial charge in [-0.05, 0) is 31.5 Å². The maximum Gasteiger partial charge on any atom is 0.193 e. The van der Waals surface area contributed by atoms with Crippen molar-refractivity contribution in [3.8, 4) is 0 Å². The molecule has 1 unspecified atom stereocenters. The summed E-state index contributed by atoms with van der Waals surface area (Å²) in [5.41, 5.74) is 1.27. The fraction of sp³-hybridized carbons (Fsp3) is 0.571. The third-order valence-electron chi connectivity index (χ3n) is 5.39. The highest BCUT2D eigenvalue weighted by Gasteiger charge is 2.22. The smallest absolute Gasteiger partial charge is 0.193 e. The maximum absolute atomic E-state index is 4.50. The molecule has 1 aromatic rings. The standard InChI is InChI=1S/C21H33N5/c1-22-21(23-17-20-10-12-24(2)18-20)26-15-13-25(14-16-26)11-6-9-19-7-4-3-5-8-19/h3-9,20H,10-18H2,1-2H3,(H,22,23). The van der Waals surface area contributed by atoms with Gasteiger partial charge < -0.3 is 15.1 Å². The number of nitrogens with zero attached hydrogens (tertiary/aromatic N) is 4. The minimum Gasteiger partial charge on any atom is -0.356 e. The quantitative estimate of drug-likeness (QED) is 0.646. The van der Waals surface area contributed by atoms with Crippen LogP contribution in [0.15, 0.2) is 41.4 Å². The summed E-state index contributed by atoms with van der Waals surface area (Å²) in [4.78, 5) is 11.8. The SMILES string of the molecule is CN=C(NCC1CCN(C)C1)N1CCN(CC=Cc2ccccc2)CC1. The molecule has 142 valence electrons. The lowest BCUT2D eigenvalue weighted by atomic mass is 10.1. The van der Waals surface area contributed by atoms with Crippen molar-refractivity contribution in [1.29, 1.82) is 0 Å². The van der Waals surface area contributed by atoms with Gasteiger partial charge in [0.15, 0.2) is 5.96 Å². The minimum absolute atomic E-state index is 0.751. The molecule has 26 heavy (non-hydrogen) atoms. The van der Waals surface area contributed by atoms with Crippen molar-refractivity contribution in [3.05, 3.63) is 42.0 Å². The van der Waals surface area contributed by atoms with E-state index >= 15 is 0 Å². The van der Waals surface area contributed by atoms with Gasteiger partial charge in [0.2, 0.25) is 0 Å². The summed E-state index contributed by atoms with van der Waals surface area (Å²) in [6, 6.07) is 10.5. The predicted octanol–water partition coefficient (Wildman–Crippen LogP) is 1.84. The number of benzene rings is 1. The highest BCUT2D eigenvalue weighted by atomic mass is 15.3. The van der Waals surface area contributed by atoms with E-state index in [1.165, 1.54) is 25.1 Å². The van der Waals surface area contributed by atoms with Crippen LogP contribution in [0.4, 0.5) is 0 Å². The fourth-order valence-electron chi connectivity index (χ4n) is 3.81. The van der Waals surface area contributed by atoms with Crippen molar-refractivity contribution in [2.75, 3.05) is 66.5 Å². The Balaban J connectivity index is 1.38. The summed E-state index contributed by atoms with van der Waals surface area (Å²) >= 11 is 0. The largest absolute Gasteiger partial charge is 0.356 e. The van der Waals surface area contributed by atoms with Gasteiger partial charge in [-0.1, -0.05) is 42.5 Å². The van der Waals surface area contributed by atoms with Crippen molar-refractivity contribution in [3.63, 3.8) is 0 Å². The van der Waals surface area contributed by atoms with Crippen molar-refractivity contribution >= 4 is 12.0 Å². The Morgan fingerprint density at radius 1 is 1.15 bits per heavy atom. The fourth-order valence-corrected chi connectivity index (χ4v) is 3.81. The van der Waals surface area contributed by atoms with Crippen LogP contribution in [-0.2, 0) is 0 Å². The van der Waals surface area contributed by atoms with E-state index in [1.54, 1.807) is 0 Å². The molecule has 1 aromatic carbocycles. The number of guanidine groups is 1. The average Bonchev–Trinajstić information content (AvgIpc) is 3.09. The number of piperazine rings is 1. The average molecular weight is 356 g/mol. The second kappa shape index (κ2) is 9.74. The second-order valence-corrected chi connectivity index (χ2v) is 7.45. The normalized spacial score (nSPS) is 23.1. The van der Waals surface area contributed by atoms with E-state index in [9.17, 15) is 0 Å². The van der Waals surface area contributed by atoms with Crippen LogP contribution in [0, 0.1) is 5.92 Å². The van der Waals surface area contributed by atoms with Crippen molar-refractivity contribution in [2.24, 2.45) is 10.9 Å². The maximum atomic E-state index is 4.50. The summed E-state index contributed by atoms with van der Waals surface area (Å²) < 4.78 is 0. The number of likely N-dealkylation sites (tertiary alicyclic amines) is 1. The molecule has 0 amide bonds. The summed E-state index contributed by atoms with van der Waals surface area (Å²) in [6.45, 7) is 8.75. The molecule has 2 fully saturated rings. The van der Waals surface area contributed by atoms with Crippen molar-refractivity contribution in [1.82, 2.24) is 20.0 Å². The van der Waals surface area contributed by atoms with Crippen molar-refractivity contribution in [2.45, 2.75) is 6.42 Å². The molecule has 0 spiro atoms. The molecule has 0 aliphatic carbocycles. The molecule has 0 bridgehead atoms.